The van der Waals surface area contributed by atoms with E-state index >= 15 is 0 Å². The van der Waals surface area contributed by atoms with E-state index in [4.69, 9.17) is 4.74 Å². The predicted octanol–water partition coefficient (Wildman–Crippen LogP) is 3.04. The van der Waals surface area contributed by atoms with Crippen molar-refractivity contribution >= 4 is 28.9 Å². The van der Waals surface area contributed by atoms with Crippen molar-refractivity contribution in [3.8, 4) is 5.69 Å². The molecule has 0 spiro atoms. The van der Waals surface area contributed by atoms with Crippen molar-refractivity contribution in [2.24, 2.45) is 7.05 Å². The summed E-state index contributed by atoms with van der Waals surface area (Å²) in [5.74, 6) is -1.13. The number of aromatic nitrogens is 2. The number of carbonyl (C=O) groups excluding carboxylic acids is 2. The van der Waals surface area contributed by atoms with E-state index in [2.05, 4.69) is 5.32 Å². The number of hydrogen-bond donors (Lipinski definition) is 1. The molecule has 2 heterocycles. The van der Waals surface area contributed by atoms with E-state index in [0.29, 0.717) is 16.3 Å². The van der Waals surface area contributed by atoms with Crippen molar-refractivity contribution in [1.29, 1.82) is 0 Å². The molecule has 3 aromatic rings. The van der Waals surface area contributed by atoms with E-state index in [0.717, 1.165) is 4.88 Å². The Hall–Kier alpha value is -3.13. The lowest BCUT2D eigenvalue weighted by molar-refractivity contribution is -0.123. The van der Waals surface area contributed by atoms with E-state index in [1.807, 2.05) is 31.2 Å². The second-order valence-electron chi connectivity index (χ2n) is 6.38. The minimum Gasteiger partial charge on any atom is -0.448 e. The third-order valence-electron chi connectivity index (χ3n) is 4.40. The Kier molecular flexibility index (Phi) is 5.51. The number of carbonyl (C=O) groups is 2. The van der Waals surface area contributed by atoms with Gasteiger partial charge >= 0.3 is 5.97 Å². The molecule has 1 unspecified atom stereocenters. The number of aryl methyl sites for hydroxylation is 1. The largest absolute Gasteiger partial charge is 0.448 e. The Morgan fingerprint density at radius 1 is 1.11 bits per heavy atom. The molecule has 7 nitrogen and oxygen atoms in total. The van der Waals surface area contributed by atoms with Crippen LogP contribution in [-0.2, 0) is 16.6 Å². The summed E-state index contributed by atoms with van der Waals surface area (Å²) >= 11 is 1.30. The fourth-order valence-electron chi connectivity index (χ4n) is 2.75. The zero-order valence-corrected chi connectivity index (χ0v) is 16.9. The molecule has 1 amide bonds. The number of nitrogens with one attached hydrogen (secondary N) is 1. The van der Waals surface area contributed by atoms with Crippen molar-refractivity contribution in [3.63, 3.8) is 0 Å². The quantitative estimate of drug-likeness (QED) is 0.669. The summed E-state index contributed by atoms with van der Waals surface area (Å²) in [6.45, 7) is 5.09. The zero-order valence-electron chi connectivity index (χ0n) is 16.1. The summed E-state index contributed by atoms with van der Waals surface area (Å²) in [7, 11) is 1.74. The molecule has 0 saturated carbocycles. The zero-order chi connectivity index (χ0) is 20.4. The van der Waals surface area contributed by atoms with Crippen molar-refractivity contribution in [1.82, 2.24) is 9.36 Å². The molecule has 2 aromatic heterocycles. The first kappa shape index (κ1) is 19.6. The van der Waals surface area contributed by atoms with Gasteiger partial charge in [0.2, 0.25) is 0 Å². The van der Waals surface area contributed by atoms with Gasteiger partial charge < -0.3 is 10.1 Å². The van der Waals surface area contributed by atoms with Crippen molar-refractivity contribution in [2.75, 3.05) is 5.32 Å². The number of amides is 1. The van der Waals surface area contributed by atoms with Gasteiger partial charge in [0.25, 0.3) is 11.5 Å². The SMILES string of the molecule is Cc1ccc(C(=O)OC(C)C(=O)Nc2c(C)n(C)n(-c3ccccc3)c2=O)s1. The van der Waals surface area contributed by atoms with Crippen LogP contribution < -0.4 is 10.9 Å². The Morgan fingerprint density at radius 3 is 2.39 bits per heavy atom. The third kappa shape index (κ3) is 3.77. The smallest absolute Gasteiger partial charge is 0.349 e. The molecule has 0 aliphatic rings. The second-order valence-corrected chi connectivity index (χ2v) is 7.67. The van der Waals surface area contributed by atoms with Gasteiger partial charge in [0.1, 0.15) is 10.6 Å². The minimum atomic E-state index is -1.04. The standard InChI is InChI=1S/C20H21N3O4S/c1-12-10-11-16(28-12)20(26)27-14(3)18(24)21-17-13(2)22(4)23(19(17)25)15-8-6-5-7-9-15/h5-11,14H,1-4H3,(H,21,24). The van der Waals surface area contributed by atoms with Crippen LogP contribution in [0.15, 0.2) is 47.3 Å². The lowest BCUT2D eigenvalue weighted by Gasteiger charge is -2.12. The monoisotopic (exact) mass is 399 g/mol. The highest BCUT2D eigenvalue weighted by Gasteiger charge is 2.24. The first-order valence-corrected chi connectivity index (χ1v) is 9.53. The molecule has 0 fully saturated rings. The van der Waals surface area contributed by atoms with Crippen LogP contribution in [0.4, 0.5) is 5.69 Å². The number of nitrogens with zero attached hydrogens (tertiary/aromatic N) is 2. The van der Waals surface area contributed by atoms with Gasteiger partial charge in [-0.25, -0.2) is 9.48 Å². The van der Waals surface area contributed by atoms with Crippen molar-refractivity contribution in [3.05, 3.63) is 68.3 Å². The molecule has 0 radical (unpaired) electrons. The number of ether oxygens (including phenoxy) is 1. The van der Waals surface area contributed by atoms with Gasteiger partial charge in [-0.05, 0) is 45.0 Å². The molecular weight excluding hydrogens is 378 g/mol. The first-order chi connectivity index (χ1) is 13.3. The summed E-state index contributed by atoms with van der Waals surface area (Å²) in [4.78, 5) is 38.9. The highest BCUT2D eigenvalue weighted by Crippen LogP contribution is 2.18. The summed E-state index contributed by atoms with van der Waals surface area (Å²) in [5, 5.41) is 2.60. The lowest BCUT2D eigenvalue weighted by Crippen LogP contribution is -2.32. The maximum atomic E-state index is 12.8. The molecule has 1 aromatic carbocycles. The Morgan fingerprint density at radius 2 is 1.79 bits per heavy atom. The fourth-order valence-corrected chi connectivity index (χ4v) is 3.50. The van der Waals surface area contributed by atoms with Gasteiger partial charge in [0.15, 0.2) is 6.10 Å². The Bertz CT molecular complexity index is 1080. The predicted molar refractivity (Wildman–Crippen MR) is 108 cm³/mol. The van der Waals surface area contributed by atoms with Crippen molar-refractivity contribution in [2.45, 2.75) is 26.9 Å². The first-order valence-electron chi connectivity index (χ1n) is 8.72. The van der Waals surface area contributed by atoms with Crippen LogP contribution in [0.5, 0.6) is 0 Å². The Balaban J connectivity index is 1.79. The number of rotatable bonds is 5. The molecule has 0 aliphatic carbocycles. The van der Waals surface area contributed by atoms with Gasteiger partial charge in [-0.2, -0.15) is 0 Å². The highest BCUT2D eigenvalue weighted by molar-refractivity contribution is 7.13. The molecule has 146 valence electrons. The van der Waals surface area contributed by atoms with Crippen molar-refractivity contribution < 1.29 is 14.3 Å². The van der Waals surface area contributed by atoms with E-state index in [1.165, 1.54) is 22.9 Å². The molecule has 3 rings (SSSR count). The van der Waals surface area contributed by atoms with E-state index in [9.17, 15) is 14.4 Å². The number of anilines is 1. The fraction of sp³-hybridized carbons (Fsp3) is 0.250. The number of esters is 1. The maximum Gasteiger partial charge on any atom is 0.349 e. The Labute approximate surface area is 166 Å². The number of para-hydroxylation sites is 1. The normalized spacial score (nSPS) is 11.9. The van der Waals surface area contributed by atoms with Crippen LogP contribution >= 0.6 is 11.3 Å². The molecule has 0 saturated heterocycles. The molecular formula is C20H21N3O4S. The molecule has 8 heteroatoms. The van der Waals surface area contributed by atoms with Crippen LogP contribution in [0.25, 0.3) is 5.69 Å². The maximum absolute atomic E-state index is 12.8. The molecule has 0 bridgehead atoms. The van der Waals surface area contributed by atoms with Crippen LogP contribution in [-0.4, -0.2) is 27.3 Å². The average molecular weight is 399 g/mol. The van der Waals surface area contributed by atoms with E-state index in [-0.39, 0.29) is 11.2 Å². The van der Waals surface area contributed by atoms with Gasteiger partial charge in [-0.1, -0.05) is 18.2 Å². The highest BCUT2D eigenvalue weighted by atomic mass is 32.1. The lowest BCUT2D eigenvalue weighted by atomic mass is 10.3. The summed E-state index contributed by atoms with van der Waals surface area (Å²) in [5.41, 5.74) is 1.08. The van der Waals surface area contributed by atoms with Gasteiger partial charge in [-0.3, -0.25) is 14.3 Å². The van der Waals surface area contributed by atoms with Crippen LogP contribution in [0.1, 0.15) is 27.2 Å². The summed E-state index contributed by atoms with van der Waals surface area (Å²) < 4.78 is 8.36. The van der Waals surface area contributed by atoms with Crippen LogP contribution in [0.3, 0.4) is 0 Å². The molecule has 1 atom stereocenters. The summed E-state index contributed by atoms with van der Waals surface area (Å²) in [6.07, 6.45) is -1.04. The molecule has 1 N–H and O–H groups in total. The van der Waals surface area contributed by atoms with Gasteiger partial charge in [-0.15, -0.1) is 11.3 Å². The third-order valence-corrected chi connectivity index (χ3v) is 5.38. The van der Waals surface area contributed by atoms with E-state index in [1.54, 1.807) is 36.9 Å². The van der Waals surface area contributed by atoms with E-state index < -0.39 is 18.0 Å². The van der Waals surface area contributed by atoms with Crippen LogP contribution in [0, 0.1) is 13.8 Å². The number of benzene rings is 1. The van der Waals surface area contributed by atoms with Gasteiger partial charge in [0, 0.05) is 11.9 Å². The second kappa shape index (κ2) is 7.85. The summed E-state index contributed by atoms with van der Waals surface area (Å²) in [6, 6.07) is 12.6. The average Bonchev–Trinajstić information content (AvgIpc) is 3.20. The topological polar surface area (TPSA) is 82.3 Å². The molecule has 28 heavy (non-hydrogen) atoms. The number of thiophene rings is 1. The molecule has 0 aliphatic heterocycles. The number of hydrogen-bond acceptors (Lipinski definition) is 5. The van der Waals surface area contributed by atoms with Gasteiger partial charge in [0.05, 0.1) is 11.4 Å². The van der Waals surface area contributed by atoms with Crippen LogP contribution in [0.2, 0.25) is 0 Å². The minimum absolute atomic E-state index is 0.159.